The number of hydrogen-bond donors (Lipinski definition) is 4. The van der Waals surface area contributed by atoms with Gasteiger partial charge in [-0.15, -0.1) is 0 Å². The lowest BCUT2D eigenvalue weighted by atomic mass is 9.84. The van der Waals surface area contributed by atoms with Crippen molar-refractivity contribution >= 4 is 29.7 Å². The van der Waals surface area contributed by atoms with Crippen LogP contribution in [0, 0.1) is 10.8 Å². The van der Waals surface area contributed by atoms with Crippen molar-refractivity contribution < 1.29 is 29.0 Å². The van der Waals surface area contributed by atoms with Crippen LogP contribution in [0.15, 0.2) is 36.7 Å². The van der Waals surface area contributed by atoms with Crippen LogP contribution < -0.4 is 10.2 Å². The summed E-state index contributed by atoms with van der Waals surface area (Å²) in [7, 11) is 2.76. The van der Waals surface area contributed by atoms with Crippen LogP contribution in [-0.2, 0) is 14.3 Å². The quantitative estimate of drug-likeness (QED) is 0.194. The number of carbonyl (C=O) groups is 4. The molecule has 15 nitrogen and oxygen atoms in total. The molecular formula is C41H59N9O6. The normalized spacial score (nSPS) is 20.5. The molecule has 304 valence electrons. The Bertz CT molecular complexity index is 1870. The Morgan fingerprint density at radius 1 is 0.821 bits per heavy atom. The standard InChI is InChI=1S/C41H59N9O6/c1-40(2,3)32(46-38(53)56-8)36(51)49-19-9-11-30(49)34-42-23-28(44-34)25-13-15-27(16-14-25)48-21-17-26(18-22-48)29-24-43-35(45-29)31-12-10-20-50(31)37(52)33(41(4,5)6)47(7)39(54)55/h13-16,23-24,26,30-33H,9-12,17-22H2,1-8H3,(H,42,44)(H,43,45)(H,46,53)(H,54,55)/t30?,31-,32+,33+/m0/s1. The third-order valence-electron chi connectivity index (χ3n) is 11.7. The lowest BCUT2D eigenvalue weighted by Crippen LogP contribution is -2.54. The Hall–Kier alpha value is -5.08. The highest BCUT2D eigenvalue weighted by molar-refractivity contribution is 5.87. The summed E-state index contributed by atoms with van der Waals surface area (Å²) in [6.07, 6.45) is 7.16. The smallest absolute Gasteiger partial charge is 0.407 e. The highest BCUT2D eigenvalue weighted by Gasteiger charge is 2.44. The lowest BCUT2D eigenvalue weighted by molar-refractivity contribution is -0.141. The number of likely N-dealkylation sites (N-methyl/N-ethyl adjacent to an activating group) is 1. The van der Waals surface area contributed by atoms with E-state index in [0.717, 1.165) is 90.8 Å². The van der Waals surface area contributed by atoms with Gasteiger partial charge in [0.05, 0.1) is 31.1 Å². The SMILES string of the molecule is COC(=O)N[C@H](C(=O)N1CCCC1c1ncc(-c2ccc(N3CCC(c4cnc([C@@H]5CCCN5C(=O)[C@@H](N(C)C(=O)O)C(C)(C)C)[nH]4)CC3)cc2)[nH]1)C(C)(C)C. The Morgan fingerprint density at radius 3 is 1.95 bits per heavy atom. The molecule has 3 saturated heterocycles. The van der Waals surface area contributed by atoms with Gasteiger partial charge >= 0.3 is 12.2 Å². The molecule has 3 aliphatic heterocycles. The minimum absolute atomic E-state index is 0.145. The average Bonchev–Trinajstić information content (AvgIpc) is 3.99. The minimum atomic E-state index is -1.12. The average molecular weight is 774 g/mol. The number of hydrogen-bond acceptors (Lipinski definition) is 8. The molecule has 0 spiro atoms. The lowest BCUT2D eigenvalue weighted by Gasteiger charge is -2.38. The molecule has 4 atom stereocenters. The zero-order valence-corrected chi connectivity index (χ0v) is 34.1. The van der Waals surface area contributed by atoms with E-state index in [1.807, 2.05) is 63.7 Å². The van der Waals surface area contributed by atoms with Crippen molar-refractivity contribution in [2.24, 2.45) is 10.8 Å². The maximum absolute atomic E-state index is 13.8. The highest BCUT2D eigenvalue weighted by atomic mass is 16.5. The molecular weight excluding hydrogens is 715 g/mol. The second-order valence-electron chi connectivity index (χ2n) is 17.7. The van der Waals surface area contributed by atoms with E-state index in [4.69, 9.17) is 14.7 Å². The van der Waals surface area contributed by atoms with Crippen LogP contribution >= 0.6 is 0 Å². The van der Waals surface area contributed by atoms with Crippen molar-refractivity contribution in [1.29, 1.82) is 0 Å². The van der Waals surface area contributed by atoms with Crippen molar-refractivity contribution in [2.45, 2.75) is 110 Å². The molecule has 0 saturated carbocycles. The van der Waals surface area contributed by atoms with Gasteiger partial charge in [-0.25, -0.2) is 19.6 Å². The monoisotopic (exact) mass is 773 g/mol. The van der Waals surface area contributed by atoms with E-state index in [-0.39, 0.29) is 23.9 Å². The first-order valence-corrected chi connectivity index (χ1v) is 19.8. The first-order valence-electron chi connectivity index (χ1n) is 19.8. The molecule has 3 fully saturated rings. The summed E-state index contributed by atoms with van der Waals surface area (Å²) in [5.74, 6) is 1.50. The number of aromatic amines is 2. The fourth-order valence-electron chi connectivity index (χ4n) is 8.69. The highest BCUT2D eigenvalue weighted by Crippen LogP contribution is 2.38. The van der Waals surface area contributed by atoms with Crippen LogP contribution in [0.5, 0.6) is 0 Å². The number of nitrogens with one attached hydrogen (secondary N) is 3. The van der Waals surface area contributed by atoms with Crippen LogP contribution in [0.2, 0.25) is 0 Å². The summed E-state index contributed by atoms with van der Waals surface area (Å²) in [6, 6.07) is 6.53. The zero-order valence-electron chi connectivity index (χ0n) is 34.1. The second-order valence-corrected chi connectivity index (χ2v) is 17.7. The van der Waals surface area contributed by atoms with Gasteiger partial charge in [0.25, 0.3) is 0 Å². The third kappa shape index (κ3) is 8.51. The number of carboxylic acid groups (broad SMARTS) is 1. The van der Waals surface area contributed by atoms with Gasteiger partial charge in [-0.05, 0) is 67.1 Å². The number of rotatable bonds is 9. The van der Waals surface area contributed by atoms with Gasteiger partial charge < -0.3 is 39.8 Å². The molecule has 56 heavy (non-hydrogen) atoms. The summed E-state index contributed by atoms with van der Waals surface area (Å²) < 4.78 is 4.80. The van der Waals surface area contributed by atoms with Crippen LogP contribution in [-0.4, -0.2) is 116 Å². The van der Waals surface area contributed by atoms with E-state index in [9.17, 15) is 24.3 Å². The molecule has 1 unspecified atom stereocenters. The van der Waals surface area contributed by atoms with Crippen LogP contribution in [0.1, 0.15) is 115 Å². The molecule has 4 N–H and O–H groups in total. The predicted molar refractivity (Wildman–Crippen MR) is 212 cm³/mol. The Labute approximate surface area is 329 Å². The molecule has 6 rings (SSSR count). The van der Waals surface area contributed by atoms with E-state index < -0.39 is 35.1 Å². The fourth-order valence-corrected chi connectivity index (χ4v) is 8.69. The van der Waals surface area contributed by atoms with Crippen molar-refractivity contribution in [2.75, 3.05) is 45.2 Å². The predicted octanol–water partition coefficient (Wildman–Crippen LogP) is 6.31. The molecule has 4 amide bonds. The topological polar surface area (TPSA) is 180 Å². The van der Waals surface area contributed by atoms with Gasteiger partial charge in [0.1, 0.15) is 23.7 Å². The molecule has 3 aromatic rings. The number of imidazole rings is 2. The molecule has 0 bridgehead atoms. The first kappa shape index (κ1) is 40.6. The fraction of sp³-hybridized carbons (Fsp3) is 0.610. The van der Waals surface area contributed by atoms with Crippen molar-refractivity contribution in [3.05, 3.63) is 54.0 Å². The maximum atomic E-state index is 13.8. The van der Waals surface area contributed by atoms with Crippen molar-refractivity contribution in [3.63, 3.8) is 0 Å². The van der Waals surface area contributed by atoms with Crippen LogP contribution in [0.3, 0.4) is 0 Å². The molecule has 0 radical (unpaired) electrons. The zero-order chi connectivity index (χ0) is 40.5. The van der Waals surface area contributed by atoms with Gasteiger partial charge in [-0.3, -0.25) is 14.5 Å². The molecule has 0 aliphatic carbocycles. The first-order chi connectivity index (χ1) is 26.5. The third-order valence-corrected chi connectivity index (χ3v) is 11.7. The van der Waals surface area contributed by atoms with Gasteiger partial charge in [0, 0.05) is 56.7 Å². The number of aromatic nitrogens is 4. The van der Waals surface area contributed by atoms with E-state index in [1.165, 1.54) is 14.2 Å². The Kier molecular flexibility index (Phi) is 11.7. The minimum Gasteiger partial charge on any atom is -0.465 e. The number of H-pyrrole nitrogens is 2. The number of carbonyl (C=O) groups excluding carboxylic acids is 3. The van der Waals surface area contributed by atoms with E-state index in [0.29, 0.717) is 19.0 Å². The number of methoxy groups -OCH3 is 1. The maximum Gasteiger partial charge on any atom is 0.407 e. The number of anilines is 1. The second kappa shape index (κ2) is 16.2. The number of ether oxygens (including phenoxy) is 1. The largest absolute Gasteiger partial charge is 0.465 e. The van der Waals surface area contributed by atoms with Gasteiger partial charge in [0.2, 0.25) is 11.8 Å². The Balaban J connectivity index is 1.06. The number of nitrogens with zero attached hydrogens (tertiary/aromatic N) is 6. The summed E-state index contributed by atoms with van der Waals surface area (Å²) in [6.45, 7) is 14.4. The van der Waals surface area contributed by atoms with Crippen LogP contribution in [0.4, 0.5) is 15.3 Å². The van der Waals surface area contributed by atoms with Gasteiger partial charge in [0.15, 0.2) is 0 Å². The summed E-state index contributed by atoms with van der Waals surface area (Å²) in [5, 5.41) is 12.4. The molecule has 2 aromatic heterocycles. The van der Waals surface area contributed by atoms with Crippen LogP contribution in [0.25, 0.3) is 11.3 Å². The Morgan fingerprint density at radius 2 is 1.39 bits per heavy atom. The number of alkyl carbamates (subject to hydrolysis) is 1. The summed E-state index contributed by atoms with van der Waals surface area (Å²) in [5.41, 5.74) is 3.04. The molecule has 3 aliphatic rings. The molecule has 15 heteroatoms. The summed E-state index contributed by atoms with van der Waals surface area (Å²) >= 11 is 0. The number of likely N-dealkylation sites (tertiary alicyclic amines) is 2. The number of piperidine rings is 1. The number of amides is 4. The van der Waals surface area contributed by atoms with E-state index in [2.05, 4.69) is 44.5 Å². The van der Waals surface area contributed by atoms with Crippen molar-refractivity contribution in [3.8, 4) is 11.3 Å². The number of benzene rings is 1. The van der Waals surface area contributed by atoms with E-state index >= 15 is 0 Å². The van der Waals surface area contributed by atoms with Gasteiger partial charge in [-0.1, -0.05) is 53.7 Å². The summed E-state index contributed by atoms with van der Waals surface area (Å²) in [4.78, 5) is 75.2. The van der Waals surface area contributed by atoms with E-state index in [1.54, 1.807) is 0 Å². The molecule has 5 heterocycles. The van der Waals surface area contributed by atoms with Gasteiger partial charge in [-0.2, -0.15) is 0 Å². The van der Waals surface area contributed by atoms with Crippen molar-refractivity contribution in [1.82, 2.24) is 40.0 Å². The molecule has 1 aromatic carbocycles.